The van der Waals surface area contributed by atoms with Crippen LogP contribution in [0.5, 0.6) is 5.88 Å². The molecule has 13 nitrogen and oxygen atoms in total. The van der Waals surface area contributed by atoms with Crippen molar-refractivity contribution in [2.45, 2.75) is 6.54 Å². The largest absolute Gasteiger partial charge is 0.493 e. The predicted molar refractivity (Wildman–Crippen MR) is 105 cm³/mol. The molecule has 0 fully saturated rings. The van der Waals surface area contributed by atoms with E-state index in [1.54, 1.807) is 0 Å². The van der Waals surface area contributed by atoms with Crippen molar-refractivity contribution >= 4 is 22.8 Å². The first-order valence-electron chi connectivity index (χ1n) is 8.66. The second-order valence-electron chi connectivity index (χ2n) is 6.42. The van der Waals surface area contributed by atoms with Gasteiger partial charge >= 0.3 is 11.4 Å². The van der Waals surface area contributed by atoms with Crippen molar-refractivity contribution in [3.05, 3.63) is 77.3 Å². The first-order valence-corrected chi connectivity index (χ1v) is 8.66. The van der Waals surface area contributed by atoms with Crippen LogP contribution in [0, 0.1) is 5.82 Å². The fourth-order valence-electron chi connectivity index (χ4n) is 2.88. The van der Waals surface area contributed by atoms with Gasteiger partial charge in [-0.15, -0.1) is 10.2 Å². The monoisotopic (exact) mass is 428 g/mol. The minimum atomic E-state index is -1.00. The zero-order valence-corrected chi connectivity index (χ0v) is 15.7. The number of halogens is 1. The number of fused-ring (bicyclic) bond motifs is 1. The fraction of sp³-hybridized carbons (Fsp3) is 0.118. The zero-order chi connectivity index (χ0) is 22.3. The number of H-pyrrole nitrogens is 3. The molecule has 0 amide bonds. The molecule has 4 rings (SSSR count). The normalized spacial score (nSPS) is 11.5. The molecule has 0 unspecified atom stereocenters. The smallest absolute Gasteiger partial charge is 0.329 e. The van der Waals surface area contributed by atoms with Gasteiger partial charge in [0, 0.05) is 7.05 Å². The fourth-order valence-corrected chi connectivity index (χ4v) is 2.88. The minimum absolute atomic E-state index is 0.000376. The molecule has 0 aliphatic rings. The average Bonchev–Trinajstić information content (AvgIpc) is 3.06. The average molecular weight is 428 g/mol. The maximum absolute atomic E-state index is 13.2. The second kappa shape index (κ2) is 7.33. The van der Waals surface area contributed by atoms with E-state index in [1.807, 2.05) is 9.97 Å². The molecule has 0 aliphatic heterocycles. The second-order valence-corrected chi connectivity index (χ2v) is 6.42. The number of aromatic amines is 3. The van der Waals surface area contributed by atoms with E-state index in [-0.39, 0.29) is 23.7 Å². The lowest BCUT2D eigenvalue weighted by Gasteiger charge is -2.06. The van der Waals surface area contributed by atoms with Crippen molar-refractivity contribution in [3.63, 3.8) is 0 Å². The van der Waals surface area contributed by atoms with Gasteiger partial charge < -0.3 is 5.11 Å². The van der Waals surface area contributed by atoms with Crippen LogP contribution in [0.15, 0.2) is 53.7 Å². The Morgan fingerprint density at radius 2 is 1.74 bits per heavy atom. The van der Waals surface area contributed by atoms with E-state index in [1.165, 1.54) is 35.9 Å². The van der Waals surface area contributed by atoms with Crippen molar-refractivity contribution in [1.82, 2.24) is 29.1 Å². The highest BCUT2D eigenvalue weighted by molar-refractivity contribution is 5.73. The van der Waals surface area contributed by atoms with Gasteiger partial charge in [0.25, 0.3) is 17.1 Å². The van der Waals surface area contributed by atoms with Gasteiger partial charge in [0.2, 0.25) is 11.6 Å². The van der Waals surface area contributed by atoms with E-state index in [2.05, 4.69) is 20.2 Å². The lowest BCUT2D eigenvalue weighted by Crippen LogP contribution is -2.29. The van der Waals surface area contributed by atoms with E-state index in [4.69, 9.17) is 0 Å². The van der Waals surface area contributed by atoms with Crippen LogP contribution in [0.4, 0.5) is 16.0 Å². The SMILES string of the molecule is Cn1c(=O)[nH]c(=O)c2c1nc(N=Nc1c(O)[nH]c(=O)[nH]c1=O)n2Cc1ccc(F)cc1. The summed E-state index contributed by atoms with van der Waals surface area (Å²) in [6.07, 6.45) is 0. The summed E-state index contributed by atoms with van der Waals surface area (Å²) in [7, 11) is 1.38. The van der Waals surface area contributed by atoms with Gasteiger partial charge in [0.1, 0.15) is 5.82 Å². The highest BCUT2D eigenvalue weighted by Gasteiger charge is 2.18. The number of rotatable bonds is 4. The highest BCUT2D eigenvalue weighted by Crippen LogP contribution is 2.23. The molecular formula is C17H13FN8O5. The van der Waals surface area contributed by atoms with Crippen LogP contribution in [0.3, 0.4) is 0 Å². The lowest BCUT2D eigenvalue weighted by atomic mass is 10.2. The number of hydrogen-bond acceptors (Lipinski definition) is 8. The van der Waals surface area contributed by atoms with Gasteiger partial charge in [-0.1, -0.05) is 12.1 Å². The molecule has 4 aromatic rings. The van der Waals surface area contributed by atoms with Crippen molar-refractivity contribution in [1.29, 1.82) is 0 Å². The first-order chi connectivity index (χ1) is 14.7. The van der Waals surface area contributed by atoms with E-state index in [0.29, 0.717) is 5.56 Å². The van der Waals surface area contributed by atoms with Crippen molar-refractivity contribution in [2.75, 3.05) is 0 Å². The van der Waals surface area contributed by atoms with Crippen LogP contribution < -0.4 is 22.5 Å². The summed E-state index contributed by atoms with van der Waals surface area (Å²) >= 11 is 0. The Morgan fingerprint density at radius 3 is 2.42 bits per heavy atom. The summed E-state index contributed by atoms with van der Waals surface area (Å²) in [5.74, 6) is -1.45. The summed E-state index contributed by atoms with van der Waals surface area (Å²) in [6.45, 7) is 0.000376. The maximum atomic E-state index is 13.2. The number of hydrogen-bond donors (Lipinski definition) is 4. The van der Waals surface area contributed by atoms with Crippen LogP contribution in [0.25, 0.3) is 11.2 Å². The van der Waals surface area contributed by atoms with Crippen molar-refractivity contribution in [3.8, 4) is 5.88 Å². The molecule has 0 bridgehead atoms. The number of imidazole rings is 1. The molecule has 14 heteroatoms. The third kappa shape index (κ3) is 3.57. The Balaban J connectivity index is 1.93. The molecule has 31 heavy (non-hydrogen) atoms. The number of benzene rings is 1. The Labute approximate surface area is 169 Å². The lowest BCUT2D eigenvalue weighted by molar-refractivity contribution is 0.450. The molecule has 4 N–H and O–H groups in total. The maximum Gasteiger partial charge on any atom is 0.329 e. The molecule has 0 atom stereocenters. The van der Waals surface area contributed by atoms with Crippen LogP contribution in [-0.2, 0) is 13.6 Å². The highest BCUT2D eigenvalue weighted by atomic mass is 19.1. The zero-order valence-electron chi connectivity index (χ0n) is 15.7. The van der Waals surface area contributed by atoms with E-state index in [0.717, 1.165) is 4.57 Å². The number of nitrogens with zero attached hydrogens (tertiary/aromatic N) is 5. The topological polar surface area (TPSA) is 183 Å². The molecule has 1 aromatic carbocycles. The predicted octanol–water partition coefficient (Wildman–Crippen LogP) is 0.108. The van der Waals surface area contributed by atoms with Crippen LogP contribution in [0.2, 0.25) is 0 Å². The Hall–Kier alpha value is -4.62. The van der Waals surface area contributed by atoms with E-state index < -0.39 is 39.9 Å². The van der Waals surface area contributed by atoms with Crippen molar-refractivity contribution in [2.24, 2.45) is 17.3 Å². The third-order valence-corrected chi connectivity index (χ3v) is 4.38. The summed E-state index contributed by atoms with van der Waals surface area (Å²) in [5, 5.41) is 17.2. The molecule has 3 heterocycles. The molecule has 0 radical (unpaired) electrons. The van der Waals surface area contributed by atoms with Gasteiger partial charge in [0.05, 0.1) is 6.54 Å². The summed E-state index contributed by atoms with van der Waals surface area (Å²) < 4.78 is 15.6. The minimum Gasteiger partial charge on any atom is -0.493 e. The van der Waals surface area contributed by atoms with Gasteiger partial charge in [-0.05, 0) is 17.7 Å². The molecule has 3 aromatic heterocycles. The number of aromatic nitrogens is 6. The van der Waals surface area contributed by atoms with Crippen LogP contribution in [0.1, 0.15) is 5.56 Å². The summed E-state index contributed by atoms with van der Waals surface area (Å²) in [4.78, 5) is 57.6. The molecule has 0 saturated heterocycles. The standard InChI is InChI=1S/C17H13FN8O5/c1-25-11-10(14(29)22-17(25)31)26(6-7-2-4-8(18)5-3-7)15(19-11)24-23-9-12(27)20-16(30)21-13(9)28/h2-5H,6H2,1H3,(H,22,29,31)(H3,20,21,27,28,30). The van der Waals surface area contributed by atoms with Gasteiger partial charge in [-0.25, -0.2) is 14.0 Å². The molecule has 0 aliphatic carbocycles. The number of aryl methyl sites for hydroxylation is 1. The number of azo groups is 1. The molecule has 0 saturated carbocycles. The van der Waals surface area contributed by atoms with E-state index >= 15 is 0 Å². The summed E-state index contributed by atoms with van der Waals surface area (Å²) in [6, 6.07) is 5.43. The van der Waals surface area contributed by atoms with E-state index in [9.17, 15) is 28.7 Å². The quantitative estimate of drug-likeness (QED) is 0.334. The van der Waals surface area contributed by atoms with Gasteiger partial charge in [0.15, 0.2) is 11.2 Å². The van der Waals surface area contributed by atoms with Gasteiger partial charge in [-0.3, -0.25) is 33.7 Å². The molecule has 0 spiro atoms. The number of aromatic hydroxyl groups is 1. The van der Waals surface area contributed by atoms with Gasteiger partial charge in [-0.2, -0.15) is 4.98 Å². The molecular weight excluding hydrogens is 415 g/mol. The Morgan fingerprint density at radius 1 is 1.03 bits per heavy atom. The van der Waals surface area contributed by atoms with Crippen LogP contribution >= 0.6 is 0 Å². The van der Waals surface area contributed by atoms with Crippen molar-refractivity contribution < 1.29 is 9.50 Å². The molecule has 158 valence electrons. The first kappa shape index (κ1) is 19.7. The van der Waals surface area contributed by atoms with Crippen LogP contribution in [-0.4, -0.2) is 34.2 Å². The summed E-state index contributed by atoms with van der Waals surface area (Å²) in [5.41, 5.74) is -3.42. The number of nitrogens with one attached hydrogen (secondary N) is 3. The third-order valence-electron chi connectivity index (χ3n) is 4.38. The Bertz CT molecular complexity index is 1570. The Kier molecular flexibility index (Phi) is 4.65.